The number of anilines is 2. The Morgan fingerprint density at radius 3 is 2.82 bits per heavy atom. The number of rotatable bonds is 4. The molecule has 150 valence electrons. The van der Waals surface area contributed by atoms with Crippen LogP contribution < -0.4 is 15.1 Å². The van der Waals surface area contributed by atoms with Crippen LogP contribution in [0, 0.1) is 17.2 Å². The Kier molecular flexibility index (Phi) is 4.51. The normalized spacial score (nSPS) is 29.2. The molecule has 3 aliphatic rings. The maximum absolute atomic E-state index is 14.9. The van der Waals surface area contributed by atoms with Gasteiger partial charge in [0, 0.05) is 31.3 Å². The molecule has 1 aliphatic carbocycles. The summed E-state index contributed by atoms with van der Waals surface area (Å²) in [7, 11) is 0. The molecule has 0 spiro atoms. The number of hydrogen-bond donors (Lipinski definition) is 1. The van der Waals surface area contributed by atoms with Gasteiger partial charge in [-0.3, -0.25) is 14.5 Å². The van der Waals surface area contributed by atoms with Crippen molar-refractivity contribution in [2.75, 3.05) is 36.0 Å². The number of Topliss-reactive ketones (excluding diaryl/α,β-unsaturated/α-hetero) is 1. The lowest BCUT2D eigenvalue weighted by Crippen LogP contribution is -2.48. The van der Waals surface area contributed by atoms with E-state index < -0.39 is 23.4 Å². The van der Waals surface area contributed by atoms with Gasteiger partial charge in [-0.15, -0.1) is 0 Å². The Morgan fingerprint density at radius 2 is 2.14 bits per heavy atom. The summed E-state index contributed by atoms with van der Waals surface area (Å²) >= 11 is 0. The minimum absolute atomic E-state index is 0.0269. The van der Waals surface area contributed by atoms with Crippen LogP contribution >= 0.6 is 0 Å². The van der Waals surface area contributed by atoms with E-state index in [0.29, 0.717) is 30.2 Å². The van der Waals surface area contributed by atoms with E-state index >= 15 is 0 Å². The molecule has 3 fully saturated rings. The van der Waals surface area contributed by atoms with Gasteiger partial charge in [0.1, 0.15) is 17.7 Å². The molecule has 2 unspecified atom stereocenters. The second kappa shape index (κ2) is 6.76. The second-order valence-electron chi connectivity index (χ2n) is 8.23. The van der Waals surface area contributed by atoms with Gasteiger partial charge in [0.05, 0.1) is 24.5 Å². The van der Waals surface area contributed by atoms with Gasteiger partial charge in [0.15, 0.2) is 0 Å². The summed E-state index contributed by atoms with van der Waals surface area (Å²) in [5.41, 5.74) is 0.472. The summed E-state index contributed by atoms with van der Waals surface area (Å²) in [4.78, 5) is 38.8. The lowest BCUT2D eigenvalue weighted by atomic mass is 9.82. The van der Waals surface area contributed by atoms with Crippen molar-refractivity contribution >= 4 is 29.2 Å². The van der Waals surface area contributed by atoms with Crippen molar-refractivity contribution in [3.05, 3.63) is 24.0 Å². The molecule has 1 saturated carbocycles. The summed E-state index contributed by atoms with van der Waals surface area (Å²) in [5.74, 6) is -0.354. The molecule has 0 radical (unpaired) electrons. The molecule has 8 heteroatoms. The molecule has 2 saturated heterocycles. The van der Waals surface area contributed by atoms with Gasteiger partial charge in [-0.2, -0.15) is 0 Å². The first kappa shape index (κ1) is 18.7. The Morgan fingerprint density at radius 1 is 1.36 bits per heavy atom. The molecule has 2 bridgehead atoms. The van der Waals surface area contributed by atoms with Gasteiger partial charge in [-0.1, -0.05) is 6.92 Å². The molecule has 2 amide bonds. The first-order valence-electron chi connectivity index (χ1n) is 9.58. The van der Waals surface area contributed by atoms with Crippen LogP contribution in [0.5, 0.6) is 0 Å². The summed E-state index contributed by atoms with van der Waals surface area (Å²) in [6, 6.07) is 4.69. The van der Waals surface area contributed by atoms with Gasteiger partial charge >= 0.3 is 6.09 Å². The first-order chi connectivity index (χ1) is 13.3. The number of carbonyl (C=O) groups is 3. The molecule has 1 aromatic carbocycles. The number of nitrogens with zero attached hydrogens (tertiary/aromatic N) is 2. The van der Waals surface area contributed by atoms with E-state index in [1.807, 2.05) is 11.8 Å². The van der Waals surface area contributed by atoms with Crippen molar-refractivity contribution in [3.8, 4) is 0 Å². The van der Waals surface area contributed by atoms with Gasteiger partial charge in [-0.25, -0.2) is 9.18 Å². The van der Waals surface area contributed by atoms with Crippen LogP contribution in [0.15, 0.2) is 18.2 Å². The minimum Gasteiger partial charge on any atom is -0.442 e. The standard InChI is InChI=1S/C20H24FN3O4/c1-12(25)22-8-15-10-24(19(27)28-15)14-3-4-17(16(21)7-14)23-9-13-5-6-20(2,11-23)18(13)26/h3-4,7,13,15H,5-6,8-11H2,1-2H3,(H,22,25)/t13?,15-,20?/m0/s1. The summed E-state index contributed by atoms with van der Waals surface area (Å²) in [5, 5.41) is 2.61. The molecule has 0 aromatic heterocycles. The Hall–Kier alpha value is -2.64. The van der Waals surface area contributed by atoms with Crippen LogP contribution in [0.25, 0.3) is 0 Å². The Balaban J connectivity index is 1.49. The highest BCUT2D eigenvalue weighted by molar-refractivity contribution is 5.92. The van der Waals surface area contributed by atoms with E-state index in [0.717, 1.165) is 12.8 Å². The number of fused-ring (bicyclic) bond motifs is 2. The number of halogens is 1. The highest BCUT2D eigenvalue weighted by atomic mass is 19.1. The lowest BCUT2D eigenvalue weighted by Gasteiger charge is -2.38. The first-order valence-corrected chi connectivity index (χ1v) is 9.58. The van der Waals surface area contributed by atoms with Gasteiger partial charge < -0.3 is 15.0 Å². The fourth-order valence-corrected chi connectivity index (χ4v) is 4.52. The van der Waals surface area contributed by atoms with E-state index in [1.165, 1.54) is 17.9 Å². The third-order valence-electron chi connectivity index (χ3n) is 6.03. The zero-order chi connectivity index (χ0) is 20.1. The highest BCUT2D eigenvalue weighted by Crippen LogP contribution is 2.44. The van der Waals surface area contributed by atoms with E-state index in [4.69, 9.17) is 4.74 Å². The fraction of sp³-hybridized carbons (Fsp3) is 0.550. The van der Waals surface area contributed by atoms with Crippen molar-refractivity contribution in [2.24, 2.45) is 11.3 Å². The number of benzene rings is 1. The Labute approximate surface area is 162 Å². The van der Waals surface area contributed by atoms with E-state index in [1.54, 1.807) is 12.1 Å². The second-order valence-corrected chi connectivity index (χ2v) is 8.23. The third kappa shape index (κ3) is 3.21. The smallest absolute Gasteiger partial charge is 0.414 e. The number of ether oxygens (including phenoxy) is 1. The van der Waals surface area contributed by atoms with Crippen molar-refractivity contribution in [2.45, 2.75) is 32.8 Å². The molecule has 2 heterocycles. The molecule has 4 rings (SSSR count). The molecule has 1 N–H and O–H groups in total. The fourth-order valence-electron chi connectivity index (χ4n) is 4.52. The molecule has 3 atom stereocenters. The van der Waals surface area contributed by atoms with E-state index in [9.17, 15) is 18.8 Å². The number of nitrogens with one attached hydrogen (secondary N) is 1. The monoisotopic (exact) mass is 389 g/mol. The molecule has 2 aliphatic heterocycles. The van der Waals surface area contributed by atoms with Crippen molar-refractivity contribution < 1.29 is 23.5 Å². The van der Waals surface area contributed by atoms with Crippen LogP contribution in [0.1, 0.15) is 26.7 Å². The van der Waals surface area contributed by atoms with Gasteiger partial charge in [0.25, 0.3) is 0 Å². The van der Waals surface area contributed by atoms with E-state index in [2.05, 4.69) is 5.32 Å². The summed E-state index contributed by atoms with van der Waals surface area (Å²) < 4.78 is 20.1. The SMILES string of the molecule is CC(=O)NC[C@H]1CN(c2ccc(N3CC4CCC(C)(C3)C4=O)c(F)c2)C(=O)O1. The number of hydrogen-bond acceptors (Lipinski definition) is 5. The average molecular weight is 389 g/mol. The van der Waals surface area contributed by atoms with Crippen LogP contribution in [-0.2, 0) is 14.3 Å². The Bertz CT molecular complexity index is 845. The number of cyclic esters (lactones) is 1. The maximum atomic E-state index is 14.9. The van der Waals surface area contributed by atoms with Crippen LogP contribution in [0.2, 0.25) is 0 Å². The molecular weight excluding hydrogens is 365 g/mol. The zero-order valence-electron chi connectivity index (χ0n) is 16.0. The largest absolute Gasteiger partial charge is 0.442 e. The minimum atomic E-state index is -0.559. The summed E-state index contributed by atoms with van der Waals surface area (Å²) in [6.45, 7) is 4.88. The predicted octanol–water partition coefficient (Wildman–Crippen LogP) is 2.09. The molecule has 1 aromatic rings. The summed E-state index contributed by atoms with van der Waals surface area (Å²) in [6.07, 6.45) is 0.683. The van der Waals surface area contributed by atoms with Gasteiger partial charge in [0.2, 0.25) is 5.91 Å². The predicted molar refractivity (Wildman–Crippen MR) is 101 cm³/mol. The number of amides is 2. The topological polar surface area (TPSA) is 79.0 Å². The van der Waals surface area contributed by atoms with Crippen LogP contribution in [-0.4, -0.2) is 50.1 Å². The maximum Gasteiger partial charge on any atom is 0.414 e. The van der Waals surface area contributed by atoms with Crippen molar-refractivity contribution in [1.29, 1.82) is 0 Å². The van der Waals surface area contributed by atoms with Crippen molar-refractivity contribution in [3.63, 3.8) is 0 Å². The molecular formula is C20H24FN3O4. The quantitative estimate of drug-likeness (QED) is 0.853. The average Bonchev–Trinajstić information content (AvgIpc) is 3.07. The number of piperidine rings is 1. The van der Waals surface area contributed by atoms with Crippen LogP contribution in [0.4, 0.5) is 20.6 Å². The molecule has 7 nitrogen and oxygen atoms in total. The number of ketones is 1. The zero-order valence-corrected chi connectivity index (χ0v) is 16.0. The van der Waals surface area contributed by atoms with Gasteiger partial charge in [-0.05, 0) is 31.0 Å². The molecule has 28 heavy (non-hydrogen) atoms. The highest BCUT2D eigenvalue weighted by Gasteiger charge is 2.49. The third-order valence-corrected chi connectivity index (χ3v) is 6.03. The van der Waals surface area contributed by atoms with E-state index in [-0.39, 0.29) is 24.9 Å². The number of carbonyl (C=O) groups excluding carboxylic acids is 3. The van der Waals surface area contributed by atoms with Crippen molar-refractivity contribution in [1.82, 2.24) is 5.32 Å². The lowest BCUT2D eigenvalue weighted by molar-refractivity contribution is -0.129. The van der Waals surface area contributed by atoms with Crippen LogP contribution in [0.3, 0.4) is 0 Å².